The van der Waals surface area contributed by atoms with Crippen molar-refractivity contribution >= 4 is 29.3 Å². The van der Waals surface area contributed by atoms with Crippen molar-refractivity contribution in [2.24, 2.45) is 0 Å². The van der Waals surface area contributed by atoms with Crippen molar-refractivity contribution in [2.75, 3.05) is 5.32 Å². The molecule has 0 spiro atoms. The van der Waals surface area contributed by atoms with Crippen molar-refractivity contribution in [3.63, 3.8) is 0 Å². The molecule has 7 heteroatoms. The fraction of sp³-hybridized carbons (Fsp3) is 0.261. The molecule has 154 valence electrons. The molecule has 1 fully saturated rings. The first kappa shape index (κ1) is 20.1. The van der Waals surface area contributed by atoms with E-state index in [9.17, 15) is 14.7 Å². The molecule has 1 saturated carbocycles. The number of carboxylic acid groups (broad SMARTS) is 1. The molecular weight excluding hydrogens is 400 g/mol. The second kappa shape index (κ2) is 7.91. The van der Waals surface area contributed by atoms with Crippen LogP contribution in [0.5, 0.6) is 0 Å². The lowest BCUT2D eigenvalue weighted by Crippen LogP contribution is -2.19. The minimum atomic E-state index is -0.776. The molecule has 0 saturated heterocycles. The number of anilines is 1. The normalized spacial score (nSPS) is 15.3. The van der Waals surface area contributed by atoms with Gasteiger partial charge in [-0.3, -0.25) is 10.1 Å². The highest BCUT2D eigenvalue weighted by molar-refractivity contribution is 7.10. The monoisotopic (exact) mass is 422 g/mol. The van der Waals surface area contributed by atoms with Gasteiger partial charge in [-0.1, -0.05) is 54.6 Å². The Morgan fingerprint density at radius 1 is 1.13 bits per heavy atom. The van der Waals surface area contributed by atoms with Crippen LogP contribution in [0, 0.1) is 6.92 Å². The number of aliphatic carboxylic acids is 1. The lowest BCUT2D eigenvalue weighted by atomic mass is 9.95. The molecule has 2 aromatic carbocycles. The molecule has 1 heterocycles. The minimum absolute atomic E-state index is 0.383. The summed E-state index contributed by atoms with van der Waals surface area (Å²) in [4.78, 5) is 24.8. The highest BCUT2D eigenvalue weighted by atomic mass is 32.1. The van der Waals surface area contributed by atoms with E-state index in [-0.39, 0.29) is 6.10 Å². The van der Waals surface area contributed by atoms with Crippen molar-refractivity contribution < 1.29 is 19.4 Å². The Hall–Kier alpha value is -3.19. The molecular formula is C23H22N2O4S. The number of carbonyl (C=O) groups is 2. The summed E-state index contributed by atoms with van der Waals surface area (Å²) < 4.78 is 9.89. The van der Waals surface area contributed by atoms with Crippen molar-refractivity contribution in [1.82, 2.24) is 4.37 Å². The summed E-state index contributed by atoms with van der Waals surface area (Å²) in [5.41, 5.74) is 3.17. The van der Waals surface area contributed by atoms with Gasteiger partial charge < -0.3 is 9.84 Å². The third-order valence-electron chi connectivity index (χ3n) is 5.50. The average Bonchev–Trinajstić information content (AvgIpc) is 3.49. The maximum absolute atomic E-state index is 12.5. The number of carboxylic acids is 1. The van der Waals surface area contributed by atoms with Gasteiger partial charge in [-0.25, -0.2) is 4.79 Å². The van der Waals surface area contributed by atoms with Gasteiger partial charge in [0.2, 0.25) is 0 Å². The quantitative estimate of drug-likeness (QED) is 0.544. The minimum Gasteiger partial charge on any atom is -0.481 e. The topological polar surface area (TPSA) is 88.5 Å². The fourth-order valence-corrected chi connectivity index (χ4v) is 4.34. The smallest absolute Gasteiger partial charge is 0.412 e. The van der Waals surface area contributed by atoms with E-state index in [4.69, 9.17) is 4.74 Å². The van der Waals surface area contributed by atoms with Crippen LogP contribution in [0.4, 0.5) is 10.5 Å². The standard InChI is InChI=1S/C23H22N2O4S/c1-14-19(24-22(28)29-15(2)16-6-4-3-5-7-16)20(30-25-14)17-8-10-18(11-9-17)23(12-13-23)21(26)27/h3-11,15H,12-13H2,1-2H3,(H,24,28)(H,26,27)/t15-/m1/s1. The van der Waals surface area contributed by atoms with E-state index in [1.165, 1.54) is 11.5 Å². The van der Waals surface area contributed by atoms with E-state index in [1.54, 1.807) is 0 Å². The Morgan fingerprint density at radius 3 is 2.40 bits per heavy atom. The second-order valence-electron chi connectivity index (χ2n) is 7.52. The number of aromatic nitrogens is 1. The van der Waals surface area contributed by atoms with E-state index in [1.807, 2.05) is 68.4 Å². The van der Waals surface area contributed by atoms with Gasteiger partial charge in [0.25, 0.3) is 0 Å². The molecule has 1 aliphatic carbocycles. The molecule has 0 radical (unpaired) electrons. The van der Waals surface area contributed by atoms with Gasteiger partial charge in [0.05, 0.1) is 21.7 Å². The second-order valence-corrected chi connectivity index (χ2v) is 8.29. The summed E-state index contributed by atoms with van der Waals surface area (Å²) in [5.74, 6) is -0.776. The van der Waals surface area contributed by atoms with Gasteiger partial charge in [-0.2, -0.15) is 4.37 Å². The van der Waals surface area contributed by atoms with Crippen LogP contribution in [-0.4, -0.2) is 21.5 Å². The van der Waals surface area contributed by atoms with E-state index in [0.29, 0.717) is 24.2 Å². The Kier molecular flexibility index (Phi) is 5.30. The van der Waals surface area contributed by atoms with Gasteiger partial charge in [-0.05, 0) is 54.9 Å². The van der Waals surface area contributed by atoms with E-state index in [0.717, 1.165) is 21.6 Å². The van der Waals surface area contributed by atoms with Crippen LogP contribution in [0.2, 0.25) is 0 Å². The third-order valence-corrected chi connectivity index (χ3v) is 6.49. The molecule has 0 aliphatic heterocycles. The van der Waals surface area contributed by atoms with Crippen molar-refractivity contribution in [1.29, 1.82) is 0 Å². The van der Waals surface area contributed by atoms with E-state index >= 15 is 0 Å². The first-order valence-electron chi connectivity index (χ1n) is 9.74. The molecule has 1 atom stereocenters. The molecule has 30 heavy (non-hydrogen) atoms. The van der Waals surface area contributed by atoms with Crippen LogP contribution < -0.4 is 5.32 Å². The Morgan fingerprint density at radius 2 is 1.80 bits per heavy atom. The van der Waals surface area contributed by atoms with E-state index < -0.39 is 17.5 Å². The number of nitrogens with one attached hydrogen (secondary N) is 1. The third kappa shape index (κ3) is 3.80. The van der Waals surface area contributed by atoms with Crippen molar-refractivity contribution in [2.45, 2.75) is 38.2 Å². The fourth-order valence-electron chi connectivity index (χ4n) is 3.49. The SMILES string of the molecule is Cc1nsc(-c2ccc(C3(C(=O)O)CC3)cc2)c1NC(=O)O[C@H](C)c1ccccc1. The van der Waals surface area contributed by atoms with Gasteiger partial charge in [0, 0.05) is 0 Å². The summed E-state index contributed by atoms with van der Waals surface area (Å²) in [6.45, 7) is 3.65. The molecule has 1 amide bonds. The number of carbonyl (C=O) groups excluding carboxylic acids is 1. The van der Waals surface area contributed by atoms with Crippen molar-refractivity contribution in [3.8, 4) is 10.4 Å². The highest BCUT2D eigenvalue weighted by Crippen LogP contribution is 2.49. The van der Waals surface area contributed by atoms with Crippen molar-refractivity contribution in [3.05, 3.63) is 71.4 Å². The van der Waals surface area contributed by atoms with Crippen LogP contribution >= 0.6 is 11.5 Å². The number of amides is 1. The molecule has 6 nitrogen and oxygen atoms in total. The summed E-state index contributed by atoms with van der Waals surface area (Å²) >= 11 is 1.29. The van der Waals surface area contributed by atoms with Gasteiger partial charge in [0.1, 0.15) is 6.10 Å². The maximum atomic E-state index is 12.5. The Bertz CT molecular complexity index is 1070. The zero-order valence-corrected chi connectivity index (χ0v) is 17.5. The van der Waals surface area contributed by atoms with Crippen LogP contribution in [0.1, 0.15) is 42.7 Å². The van der Waals surface area contributed by atoms with Crippen LogP contribution in [-0.2, 0) is 14.9 Å². The number of hydrogen-bond donors (Lipinski definition) is 2. The zero-order valence-electron chi connectivity index (χ0n) is 16.7. The zero-order chi connectivity index (χ0) is 21.3. The molecule has 3 aromatic rings. The number of benzene rings is 2. The first-order valence-corrected chi connectivity index (χ1v) is 10.5. The largest absolute Gasteiger partial charge is 0.481 e. The van der Waals surface area contributed by atoms with Gasteiger partial charge in [0.15, 0.2) is 0 Å². The number of rotatable bonds is 6. The lowest BCUT2D eigenvalue weighted by Gasteiger charge is -2.15. The molecule has 0 bridgehead atoms. The number of hydrogen-bond acceptors (Lipinski definition) is 5. The average molecular weight is 423 g/mol. The van der Waals surface area contributed by atoms with Gasteiger partial charge in [-0.15, -0.1) is 0 Å². The summed E-state index contributed by atoms with van der Waals surface area (Å²) in [6.07, 6.45) is 0.404. The first-order chi connectivity index (χ1) is 14.4. The number of ether oxygens (including phenoxy) is 1. The predicted molar refractivity (Wildman–Crippen MR) is 116 cm³/mol. The Balaban J connectivity index is 1.51. The summed E-state index contributed by atoms with van der Waals surface area (Å²) in [6, 6.07) is 17.0. The van der Waals surface area contributed by atoms with E-state index in [2.05, 4.69) is 9.69 Å². The number of aryl methyl sites for hydroxylation is 1. The lowest BCUT2D eigenvalue weighted by molar-refractivity contribution is -0.140. The predicted octanol–water partition coefficient (Wildman–Crippen LogP) is 5.54. The number of nitrogens with zero attached hydrogens (tertiary/aromatic N) is 1. The van der Waals surface area contributed by atoms with Crippen LogP contribution in [0.25, 0.3) is 10.4 Å². The van der Waals surface area contributed by atoms with Crippen LogP contribution in [0.15, 0.2) is 54.6 Å². The molecule has 1 aliphatic rings. The molecule has 1 aromatic heterocycles. The summed E-state index contributed by atoms with van der Waals surface area (Å²) in [5, 5.41) is 12.3. The van der Waals surface area contributed by atoms with Gasteiger partial charge >= 0.3 is 12.1 Å². The highest BCUT2D eigenvalue weighted by Gasteiger charge is 2.51. The Labute approximate surface area is 178 Å². The maximum Gasteiger partial charge on any atom is 0.412 e. The molecule has 2 N–H and O–H groups in total. The molecule has 0 unspecified atom stereocenters. The van der Waals surface area contributed by atoms with Crippen LogP contribution in [0.3, 0.4) is 0 Å². The molecule has 4 rings (SSSR count). The summed E-state index contributed by atoms with van der Waals surface area (Å²) in [7, 11) is 0.